The Morgan fingerprint density at radius 3 is 3.17 bits per heavy atom. The second kappa shape index (κ2) is 4.57. The van der Waals surface area contributed by atoms with Crippen molar-refractivity contribution < 1.29 is 0 Å². The Kier molecular flexibility index (Phi) is 2.91. The molecule has 1 aliphatic rings. The van der Waals surface area contributed by atoms with E-state index in [9.17, 15) is 0 Å². The summed E-state index contributed by atoms with van der Waals surface area (Å²) in [7, 11) is 0. The van der Waals surface area contributed by atoms with E-state index >= 15 is 0 Å². The SMILES string of the molecule is Cc1cc2c(N3CCCCC3CN)nccn2n1. The molecule has 0 spiro atoms. The molecule has 0 radical (unpaired) electrons. The minimum atomic E-state index is 0.410. The van der Waals surface area contributed by atoms with Crippen LogP contribution in [0.25, 0.3) is 5.52 Å². The molecule has 5 nitrogen and oxygen atoms in total. The van der Waals surface area contributed by atoms with Crippen molar-refractivity contribution in [2.45, 2.75) is 32.2 Å². The molecule has 0 saturated carbocycles. The number of hydrogen-bond donors (Lipinski definition) is 1. The quantitative estimate of drug-likeness (QED) is 0.867. The van der Waals surface area contributed by atoms with Crippen molar-refractivity contribution >= 4 is 11.3 Å². The van der Waals surface area contributed by atoms with E-state index in [-0.39, 0.29) is 0 Å². The Labute approximate surface area is 107 Å². The summed E-state index contributed by atoms with van der Waals surface area (Å²) in [6, 6.07) is 2.50. The van der Waals surface area contributed by atoms with Crippen LogP contribution in [0.2, 0.25) is 0 Å². The van der Waals surface area contributed by atoms with Crippen LogP contribution in [-0.2, 0) is 0 Å². The summed E-state index contributed by atoms with van der Waals surface area (Å²) in [6.07, 6.45) is 7.35. The summed E-state index contributed by atoms with van der Waals surface area (Å²) >= 11 is 0. The van der Waals surface area contributed by atoms with Gasteiger partial charge in [0.15, 0.2) is 5.82 Å². The third kappa shape index (κ3) is 1.84. The Morgan fingerprint density at radius 2 is 2.33 bits per heavy atom. The summed E-state index contributed by atoms with van der Waals surface area (Å²) < 4.78 is 1.90. The number of aromatic nitrogens is 3. The van der Waals surface area contributed by atoms with Crippen LogP contribution >= 0.6 is 0 Å². The average Bonchev–Trinajstić information content (AvgIpc) is 2.78. The van der Waals surface area contributed by atoms with Gasteiger partial charge in [-0.3, -0.25) is 0 Å². The van der Waals surface area contributed by atoms with Crippen LogP contribution in [0, 0.1) is 6.92 Å². The summed E-state index contributed by atoms with van der Waals surface area (Å²) in [4.78, 5) is 6.90. The molecule has 0 amide bonds. The van der Waals surface area contributed by atoms with Gasteiger partial charge in [-0.25, -0.2) is 9.50 Å². The van der Waals surface area contributed by atoms with E-state index in [0.717, 1.165) is 30.0 Å². The minimum absolute atomic E-state index is 0.410. The lowest BCUT2D eigenvalue weighted by Crippen LogP contribution is -2.44. The maximum absolute atomic E-state index is 5.89. The number of anilines is 1. The molecule has 1 unspecified atom stereocenters. The van der Waals surface area contributed by atoms with Gasteiger partial charge in [-0.15, -0.1) is 0 Å². The van der Waals surface area contributed by atoms with Gasteiger partial charge in [-0.1, -0.05) is 0 Å². The fraction of sp³-hybridized carbons (Fsp3) is 0.538. The maximum atomic E-state index is 5.89. The van der Waals surface area contributed by atoms with E-state index in [2.05, 4.69) is 21.0 Å². The maximum Gasteiger partial charge on any atom is 0.154 e. The zero-order chi connectivity index (χ0) is 12.5. The molecule has 2 aromatic rings. The number of rotatable bonds is 2. The molecule has 1 saturated heterocycles. The molecule has 0 aromatic carbocycles. The van der Waals surface area contributed by atoms with Gasteiger partial charge in [-0.05, 0) is 32.3 Å². The van der Waals surface area contributed by atoms with Crippen LogP contribution in [0.3, 0.4) is 0 Å². The topological polar surface area (TPSA) is 59.5 Å². The van der Waals surface area contributed by atoms with Gasteiger partial charge in [-0.2, -0.15) is 5.10 Å². The number of piperidine rings is 1. The van der Waals surface area contributed by atoms with Crippen LogP contribution in [0.15, 0.2) is 18.5 Å². The van der Waals surface area contributed by atoms with Gasteiger partial charge < -0.3 is 10.6 Å². The predicted molar refractivity (Wildman–Crippen MR) is 71.8 cm³/mol. The fourth-order valence-corrected chi connectivity index (χ4v) is 2.78. The van der Waals surface area contributed by atoms with Crippen LogP contribution < -0.4 is 10.6 Å². The van der Waals surface area contributed by atoms with Crippen molar-refractivity contribution in [1.29, 1.82) is 0 Å². The number of nitrogens with two attached hydrogens (primary N) is 1. The van der Waals surface area contributed by atoms with E-state index in [1.165, 1.54) is 12.8 Å². The molecule has 3 rings (SSSR count). The Morgan fingerprint density at radius 1 is 1.44 bits per heavy atom. The molecule has 1 atom stereocenters. The van der Waals surface area contributed by atoms with Crippen molar-refractivity contribution in [3.8, 4) is 0 Å². The molecule has 2 aromatic heterocycles. The van der Waals surface area contributed by atoms with E-state index in [1.54, 1.807) is 0 Å². The summed E-state index contributed by atoms with van der Waals surface area (Å²) in [6.45, 7) is 3.74. The van der Waals surface area contributed by atoms with Gasteiger partial charge in [0, 0.05) is 31.5 Å². The molecule has 0 aliphatic carbocycles. The van der Waals surface area contributed by atoms with E-state index in [1.807, 2.05) is 23.8 Å². The molecule has 3 heterocycles. The Hall–Kier alpha value is -1.62. The van der Waals surface area contributed by atoms with E-state index < -0.39 is 0 Å². The molecular formula is C13H19N5. The summed E-state index contributed by atoms with van der Waals surface area (Å²) in [5, 5.41) is 4.44. The highest BCUT2D eigenvalue weighted by atomic mass is 15.3. The van der Waals surface area contributed by atoms with Gasteiger partial charge in [0.1, 0.15) is 5.52 Å². The van der Waals surface area contributed by atoms with Crippen molar-refractivity contribution in [3.63, 3.8) is 0 Å². The smallest absolute Gasteiger partial charge is 0.154 e. The fourth-order valence-electron chi connectivity index (χ4n) is 2.78. The zero-order valence-corrected chi connectivity index (χ0v) is 10.7. The summed E-state index contributed by atoms with van der Waals surface area (Å²) in [5.41, 5.74) is 7.99. The van der Waals surface area contributed by atoms with Crippen molar-refractivity contribution in [2.24, 2.45) is 5.73 Å². The molecule has 0 bridgehead atoms. The normalized spacial score (nSPS) is 20.6. The van der Waals surface area contributed by atoms with E-state index in [0.29, 0.717) is 12.6 Å². The average molecular weight is 245 g/mol. The monoisotopic (exact) mass is 245 g/mol. The first-order valence-corrected chi connectivity index (χ1v) is 6.57. The van der Waals surface area contributed by atoms with Crippen LogP contribution in [0.5, 0.6) is 0 Å². The zero-order valence-electron chi connectivity index (χ0n) is 10.7. The van der Waals surface area contributed by atoms with Gasteiger partial charge in [0.05, 0.1) is 5.69 Å². The standard InChI is InChI=1S/C13H19N5/c1-10-8-12-13(15-5-7-18(12)16-10)17-6-3-2-4-11(17)9-14/h5,7-8,11H,2-4,6,9,14H2,1H3. The second-order valence-electron chi connectivity index (χ2n) is 4.95. The third-order valence-corrected chi connectivity index (χ3v) is 3.66. The number of nitrogens with zero attached hydrogens (tertiary/aromatic N) is 4. The molecule has 96 valence electrons. The lowest BCUT2D eigenvalue weighted by Gasteiger charge is -2.36. The minimum Gasteiger partial charge on any atom is -0.351 e. The van der Waals surface area contributed by atoms with E-state index in [4.69, 9.17) is 5.73 Å². The van der Waals surface area contributed by atoms with Crippen LogP contribution in [0.1, 0.15) is 25.0 Å². The van der Waals surface area contributed by atoms with Crippen LogP contribution in [-0.4, -0.2) is 33.7 Å². The largest absolute Gasteiger partial charge is 0.351 e. The van der Waals surface area contributed by atoms with Crippen molar-refractivity contribution in [3.05, 3.63) is 24.2 Å². The number of fused-ring (bicyclic) bond motifs is 1. The lowest BCUT2D eigenvalue weighted by atomic mass is 10.0. The van der Waals surface area contributed by atoms with Gasteiger partial charge in [0.25, 0.3) is 0 Å². The highest BCUT2D eigenvalue weighted by Gasteiger charge is 2.24. The lowest BCUT2D eigenvalue weighted by molar-refractivity contribution is 0.462. The first kappa shape index (κ1) is 11.5. The Balaban J connectivity index is 2.06. The van der Waals surface area contributed by atoms with Crippen molar-refractivity contribution in [2.75, 3.05) is 18.0 Å². The molecule has 2 N–H and O–H groups in total. The first-order valence-electron chi connectivity index (χ1n) is 6.57. The molecule has 1 fully saturated rings. The highest BCUT2D eigenvalue weighted by Crippen LogP contribution is 2.26. The summed E-state index contributed by atoms with van der Waals surface area (Å²) in [5.74, 6) is 1.02. The second-order valence-corrected chi connectivity index (χ2v) is 4.95. The first-order chi connectivity index (χ1) is 8.79. The molecule has 1 aliphatic heterocycles. The molecule has 5 heteroatoms. The predicted octanol–water partition coefficient (Wildman–Crippen LogP) is 1.36. The van der Waals surface area contributed by atoms with Crippen LogP contribution in [0.4, 0.5) is 5.82 Å². The molecule has 18 heavy (non-hydrogen) atoms. The third-order valence-electron chi connectivity index (χ3n) is 3.66. The number of aryl methyl sites for hydroxylation is 1. The Bertz CT molecular complexity index is 547. The highest BCUT2D eigenvalue weighted by molar-refractivity contribution is 5.69. The van der Waals surface area contributed by atoms with Gasteiger partial charge in [0.2, 0.25) is 0 Å². The molecular weight excluding hydrogens is 226 g/mol. The van der Waals surface area contributed by atoms with Gasteiger partial charge >= 0.3 is 0 Å². The number of hydrogen-bond acceptors (Lipinski definition) is 4. The van der Waals surface area contributed by atoms with Crippen molar-refractivity contribution in [1.82, 2.24) is 14.6 Å².